The van der Waals surface area contributed by atoms with Crippen LogP contribution < -0.4 is 9.64 Å². The molecule has 2 unspecified atom stereocenters. The van der Waals surface area contributed by atoms with Gasteiger partial charge in [0.1, 0.15) is 11.6 Å². The minimum Gasteiger partial charge on any atom is -0.494 e. The lowest BCUT2D eigenvalue weighted by Crippen LogP contribution is -2.47. The van der Waals surface area contributed by atoms with Crippen molar-refractivity contribution in [2.24, 2.45) is 0 Å². The van der Waals surface area contributed by atoms with E-state index < -0.39 is 24.1 Å². The Kier molecular flexibility index (Phi) is 8.69. The van der Waals surface area contributed by atoms with Gasteiger partial charge in [0.15, 0.2) is 12.2 Å². The number of nitrogens with zero attached hydrogens (tertiary/aromatic N) is 3. The molecule has 1 aromatic carbocycles. The van der Waals surface area contributed by atoms with Crippen molar-refractivity contribution in [1.29, 1.82) is 0 Å². The molecule has 2 aromatic rings. The Morgan fingerprint density at radius 2 is 1.51 bits per heavy atom. The summed E-state index contributed by atoms with van der Waals surface area (Å²) in [5.74, 6) is -1.20. The average molecular weight is 546 g/mol. The third kappa shape index (κ3) is 6.47. The van der Waals surface area contributed by atoms with Gasteiger partial charge in [-0.25, -0.2) is 4.39 Å². The van der Waals surface area contributed by atoms with Crippen LogP contribution in [0.3, 0.4) is 0 Å². The van der Waals surface area contributed by atoms with E-state index in [1.807, 2.05) is 13.8 Å². The number of piperazine rings is 1. The minimum atomic E-state index is -0.906. The smallest absolute Gasteiger partial charge is 0.303 e. The molecule has 2 aliphatic rings. The summed E-state index contributed by atoms with van der Waals surface area (Å²) in [5.41, 5.74) is 1.16. The van der Waals surface area contributed by atoms with Gasteiger partial charge < -0.3 is 29.3 Å². The van der Waals surface area contributed by atoms with Crippen LogP contribution in [0.2, 0.25) is 0 Å². The lowest BCUT2D eigenvalue weighted by Gasteiger charge is -2.37. The highest BCUT2D eigenvalue weighted by Crippen LogP contribution is 2.47. The van der Waals surface area contributed by atoms with Crippen LogP contribution in [-0.2, 0) is 25.6 Å². The van der Waals surface area contributed by atoms with E-state index in [0.717, 1.165) is 18.8 Å². The summed E-state index contributed by atoms with van der Waals surface area (Å²) < 4.78 is 31.8. The second-order valence-corrected chi connectivity index (χ2v) is 10.0. The van der Waals surface area contributed by atoms with Gasteiger partial charge >= 0.3 is 11.9 Å². The van der Waals surface area contributed by atoms with E-state index >= 15 is 0 Å². The fourth-order valence-corrected chi connectivity index (χ4v) is 5.11. The molecule has 1 aromatic heterocycles. The van der Waals surface area contributed by atoms with Gasteiger partial charge in [-0.3, -0.25) is 19.1 Å². The number of fused-ring (bicyclic) bond motifs is 1. The van der Waals surface area contributed by atoms with Crippen molar-refractivity contribution in [3.63, 3.8) is 0 Å². The zero-order valence-corrected chi connectivity index (χ0v) is 22.7. The number of anilines is 1. The molecule has 4 rings (SSSR count). The van der Waals surface area contributed by atoms with Gasteiger partial charge in [-0.2, -0.15) is 0 Å². The Morgan fingerprint density at radius 1 is 0.949 bits per heavy atom. The van der Waals surface area contributed by atoms with Crippen LogP contribution in [0.15, 0.2) is 30.4 Å². The van der Waals surface area contributed by atoms with E-state index in [-0.39, 0.29) is 34.8 Å². The molecule has 0 radical (unpaired) electrons. The van der Waals surface area contributed by atoms with Crippen LogP contribution in [0.4, 0.5) is 10.1 Å². The number of aromatic nitrogens is 1. The summed E-state index contributed by atoms with van der Waals surface area (Å²) >= 11 is 0. The third-order valence-corrected chi connectivity index (χ3v) is 6.75. The monoisotopic (exact) mass is 545 g/mol. The van der Waals surface area contributed by atoms with Gasteiger partial charge in [0.25, 0.3) is 0 Å². The Balaban J connectivity index is 1.40. The zero-order valence-electron chi connectivity index (χ0n) is 22.7. The van der Waals surface area contributed by atoms with Crippen LogP contribution >= 0.6 is 0 Å². The molecule has 10 nitrogen and oxygen atoms in total. The highest BCUT2D eigenvalue weighted by molar-refractivity contribution is 5.69. The SMILES string of the molecule is CC(=O)OC1C=CC(OC(C)=O)c2c1c(O)n(CCCN1CCN(c3cc(F)ccc3OC(C)C)CC1)c2O. The molecule has 212 valence electrons. The Bertz CT molecular complexity index is 1180. The average Bonchev–Trinajstić information content (AvgIpc) is 3.12. The van der Waals surface area contributed by atoms with Gasteiger partial charge in [-0.1, -0.05) is 0 Å². The fraction of sp³-hybridized carbons (Fsp3) is 0.500. The molecule has 1 saturated heterocycles. The number of hydrogen-bond donors (Lipinski definition) is 2. The fourth-order valence-electron chi connectivity index (χ4n) is 5.11. The number of halogens is 1. The number of rotatable bonds is 9. The van der Waals surface area contributed by atoms with E-state index in [0.29, 0.717) is 38.3 Å². The largest absolute Gasteiger partial charge is 0.494 e. The van der Waals surface area contributed by atoms with Crippen molar-refractivity contribution >= 4 is 17.6 Å². The van der Waals surface area contributed by atoms with E-state index in [1.165, 1.54) is 42.7 Å². The van der Waals surface area contributed by atoms with Gasteiger partial charge in [-0.05, 0) is 51.1 Å². The number of benzene rings is 1. The molecule has 1 aliphatic carbocycles. The lowest BCUT2D eigenvalue weighted by molar-refractivity contribution is -0.147. The first kappa shape index (κ1) is 28.3. The topological polar surface area (TPSA) is 114 Å². The third-order valence-electron chi connectivity index (χ3n) is 6.75. The molecule has 11 heteroatoms. The van der Waals surface area contributed by atoms with Crippen LogP contribution in [0.25, 0.3) is 0 Å². The first-order valence-electron chi connectivity index (χ1n) is 13.2. The summed E-state index contributed by atoms with van der Waals surface area (Å²) in [6, 6.07) is 4.58. The van der Waals surface area contributed by atoms with Gasteiger partial charge in [0.2, 0.25) is 11.8 Å². The van der Waals surface area contributed by atoms with Crippen molar-refractivity contribution in [2.45, 2.75) is 59.0 Å². The van der Waals surface area contributed by atoms with Crippen LogP contribution in [-0.4, -0.2) is 70.4 Å². The molecule has 0 saturated carbocycles. The first-order chi connectivity index (χ1) is 18.5. The van der Waals surface area contributed by atoms with Crippen molar-refractivity contribution in [2.75, 3.05) is 37.6 Å². The highest BCUT2D eigenvalue weighted by atomic mass is 19.1. The standard InChI is InChI=1S/C28H36FN3O7/c1-17(2)37-22-7-6-20(29)16-21(22)31-14-12-30(13-15-31)10-5-11-32-27(35)25-23(38-18(3)33)8-9-24(39-19(4)34)26(25)28(32)36/h6-9,16-17,23-24,35-36H,5,10-15H2,1-4H3. The molecular weight excluding hydrogens is 509 g/mol. The molecule has 1 aliphatic heterocycles. The summed E-state index contributed by atoms with van der Waals surface area (Å²) in [6.45, 7) is 10.3. The number of ether oxygens (including phenoxy) is 3. The van der Waals surface area contributed by atoms with E-state index in [9.17, 15) is 24.2 Å². The van der Waals surface area contributed by atoms with Crippen LogP contribution in [0, 0.1) is 5.82 Å². The maximum atomic E-state index is 14.0. The quantitative estimate of drug-likeness (QED) is 0.359. The number of hydrogen-bond acceptors (Lipinski definition) is 9. The number of aromatic hydroxyl groups is 2. The second kappa shape index (κ2) is 12.0. The molecule has 0 bridgehead atoms. The number of esters is 2. The normalized spacial score (nSPS) is 19.2. The summed E-state index contributed by atoms with van der Waals surface area (Å²) in [7, 11) is 0. The maximum absolute atomic E-state index is 14.0. The first-order valence-corrected chi connectivity index (χ1v) is 13.2. The molecule has 2 atom stereocenters. The molecule has 39 heavy (non-hydrogen) atoms. The molecular formula is C28H36FN3O7. The van der Waals surface area contributed by atoms with Gasteiger partial charge in [0.05, 0.1) is 22.9 Å². The van der Waals surface area contributed by atoms with Gasteiger partial charge in [0, 0.05) is 52.6 Å². The van der Waals surface area contributed by atoms with E-state index in [4.69, 9.17) is 14.2 Å². The number of carbonyl (C=O) groups excluding carboxylic acids is 2. The predicted molar refractivity (Wildman–Crippen MR) is 141 cm³/mol. The highest BCUT2D eigenvalue weighted by Gasteiger charge is 2.36. The van der Waals surface area contributed by atoms with Crippen LogP contribution in [0.5, 0.6) is 17.5 Å². The summed E-state index contributed by atoms with van der Waals surface area (Å²) in [4.78, 5) is 27.6. The molecule has 1 fully saturated rings. The minimum absolute atomic E-state index is 0.0212. The van der Waals surface area contributed by atoms with E-state index in [2.05, 4.69) is 9.80 Å². The zero-order chi connectivity index (χ0) is 28.3. The summed E-state index contributed by atoms with van der Waals surface area (Å²) in [5, 5.41) is 21.9. The molecule has 0 spiro atoms. The van der Waals surface area contributed by atoms with Crippen molar-refractivity contribution < 1.29 is 38.4 Å². The summed E-state index contributed by atoms with van der Waals surface area (Å²) in [6.07, 6.45) is 1.83. The molecule has 2 heterocycles. The second-order valence-electron chi connectivity index (χ2n) is 10.0. The maximum Gasteiger partial charge on any atom is 0.303 e. The van der Waals surface area contributed by atoms with Gasteiger partial charge in [-0.15, -0.1) is 0 Å². The van der Waals surface area contributed by atoms with Crippen molar-refractivity contribution in [1.82, 2.24) is 9.47 Å². The van der Waals surface area contributed by atoms with Crippen molar-refractivity contribution in [3.05, 3.63) is 47.3 Å². The Morgan fingerprint density at radius 3 is 2.03 bits per heavy atom. The molecule has 2 N–H and O–H groups in total. The molecule has 0 amide bonds. The van der Waals surface area contributed by atoms with Crippen LogP contribution in [0.1, 0.15) is 57.5 Å². The lowest BCUT2D eigenvalue weighted by atomic mass is 9.96. The van der Waals surface area contributed by atoms with E-state index in [1.54, 1.807) is 6.07 Å². The Hall–Kier alpha value is -3.73. The van der Waals surface area contributed by atoms with Crippen molar-refractivity contribution in [3.8, 4) is 17.5 Å². The Labute approximate surface area is 227 Å². The number of carbonyl (C=O) groups is 2. The predicted octanol–water partition coefficient (Wildman–Crippen LogP) is 3.82.